The van der Waals surface area contributed by atoms with Crippen molar-refractivity contribution in [1.82, 2.24) is 15.3 Å². The maximum atomic E-state index is 12.8. The van der Waals surface area contributed by atoms with E-state index in [1.807, 2.05) is 18.2 Å². The Balaban J connectivity index is 1.60. The zero-order chi connectivity index (χ0) is 22.9. The van der Waals surface area contributed by atoms with Crippen LogP contribution in [0.1, 0.15) is 31.7 Å². The first-order valence-corrected chi connectivity index (χ1v) is 11.9. The first-order valence-electron chi connectivity index (χ1n) is 10.7. The Morgan fingerprint density at radius 3 is 2.81 bits per heavy atom. The average molecular weight is 480 g/mol. The van der Waals surface area contributed by atoms with E-state index >= 15 is 0 Å². The third kappa shape index (κ3) is 6.68. The highest BCUT2D eigenvalue weighted by Gasteiger charge is 2.33. The highest BCUT2D eigenvalue weighted by atomic mass is 32.2. The molecule has 0 spiro atoms. The highest BCUT2D eigenvalue weighted by molar-refractivity contribution is 8.26. The van der Waals surface area contributed by atoms with Gasteiger partial charge in [0.15, 0.2) is 15.8 Å². The van der Waals surface area contributed by atoms with Crippen molar-refractivity contribution in [1.29, 1.82) is 0 Å². The van der Waals surface area contributed by atoms with Gasteiger partial charge in [-0.3, -0.25) is 19.9 Å². The number of carbonyl (C=O) groups is 2. The molecule has 174 valence electrons. The summed E-state index contributed by atoms with van der Waals surface area (Å²) >= 11 is 6.46. The molecule has 2 amide bonds. The van der Waals surface area contributed by atoms with Crippen molar-refractivity contribution in [2.24, 2.45) is 0 Å². The standard InChI is InChI=1S/C22H29N3O5S2/c1-3-4-11-30-17-6-5-16(14-18(17)28-2)15-19-21(27)25(22(31)32-19)23-20(26)7-8-24-9-12-29-13-10-24/h5-6,14-15H,3-4,7-13H2,1-2H3,(H,23,26). The number of ether oxygens (including phenoxy) is 3. The van der Waals surface area contributed by atoms with Crippen molar-refractivity contribution >= 4 is 46.2 Å². The van der Waals surface area contributed by atoms with Crippen LogP contribution in [0.3, 0.4) is 0 Å². The van der Waals surface area contributed by atoms with Gasteiger partial charge < -0.3 is 14.2 Å². The number of nitrogens with one attached hydrogen (secondary N) is 1. The molecule has 2 fully saturated rings. The van der Waals surface area contributed by atoms with Crippen molar-refractivity contribution in [3.05, 3.63) is 28.7 Å². The number of unbranched alkanes of at least 4 members (excludes halogenated alkanes) is 1. The highest BCUT2D eigenvalue weighted by Crippen LogP contribution is 2.34. The van der Waals surface area contributed by atoms with Crippen LogP contribution in [-0.4, -0.2) is 72.6 Å². The number of thioether (sulfide) groups is 1. The quantitative estimate of drug-likeness (QED) is 0.312. The Morgan fingerprint density at radius 2 is 2.09 bits per heavy atom. The molecule has 2 aliphatic rings. The van der Waals surface area contributed by atoms with Gasteiger partial charge in [-0.25, -0.2) is 0 Å². The summed E-state index contributed by atoms with van der Waals surface area (Å²) in [5.41, 5.74) is 3.41. The van der Waals surface area contributed by atoms with Gasteiger partial charge in [-0.05, 0) is 42.4 Å². The molecular weight excluding hydrogens is 450 g/mol. The van der Waals surface area contributed by atoms with E-state index in [-0.39, 0.29) is 18.2 Å². The van der Waals surface area contributed by atoms with Crippen molar-refractivity contribution in [3.8, 4) is 11.5 Å². The number of hydrogen-bond acceptors (Lipinski definition) is 8. The topological polar surface area (TPSA) is 80.3 Å². The second-order valence-electron chi connectivity index (χ2n) is 7.37. The fourth-order valence-corrected chi connectivity index (χ4v) is 4.38. The third-order valence-corrected chi connectivity index (χ3v) is 6.33. The monoisotopic (exact) mass is 479 g/mol. The molecule has 1 aromatic rings. The van der Waals surface area contributed by atoms with Crippen LogP contribution in [0.25, 0.3) is 6.08 Å². The molecule has 32 heavy (non-hydrogen) atoms. The lowest BCUT2D eigenvalue weighted by molar-refractivity contribution is -0.133. The second kappa shape index (κ2) is 12.2. The van der Waals surface area contributed by atoms with Crippen LogP contribution in [0.4, 0.5) is 0 Å². The number of rotatable bonds is 10. The zero-order valence-electron chi connectivity index (χ0n) is 18.4. The van der Waals surface area contributed by atoms with E-state index in [2.05, 4.69) is 17.2 Å². The van der Waals surface area contributed by atoms with Gasteiger partial charge in [0.05, 0.1) is 31.8 Å². The third-order valence-electron chi connectivity index (χ3n) is 5.03. The van der Waals surface area contributed by atoms with Gasteiger partial charge in [0.25, 0.3) is 5.91 Å². The molecule has 0 unspecified atom stereocenters. The summed E-state index contributed by atoms with van der Waals surface area (Å²) in [6.07, 6.45) is 4.03. The number of carbonyl (C=O) groups excluding carboxylic acids is 2. The molecule has 0 aliphatic carbocycles. The summed E-state index contributed by atoms with van der Waals surface area (Å²) < 4.78 is 16.8. The van der Waals surface area contributed by atoms with E-state index in [1.54, 1.807) is 13.2 Å². The molecule has 8 nitrogen and oxygen atoms in total. The number of hydrazine groups is 1. The van der Waals surface area contributed by atoms with E-state index in [4.69, 9.17) is 26.4 Å². The van der Waals surface area contributed by atoms with Gasteiger partial charge in [-0.1, -0.05) is 31.2 Å². The Kier molecular flexibility index (Phi) is 9.34. The van der Waals surface area contributed by atoms with Crippen LogP contribution in [0.15, 0.2) is 23.1 Å². The lowest BCUT2D eigenvalue weighted by atomic mass is 10.2. The molecule has 0 aromatic heterocycles. The minimum Gasteiger partial charge on any atom is -0.493 e. The van der Waals surface area contributed by atoms with E-state index in [0.29, 0.717) is 47.1 Å². The molecule has 0 atom stereocenters. The normalized spacial score (nSPS) is 18.3. The second-order valence-corrected chi connectivity index (χ2v) is 9.04. The van der Waals surface area contributed by atoms with Crippen LogP contribution in [-0.2, 0) is 14.3 Å². The first kappa shape index (κ1) is 24.5. The largest absolute Gasteiger partial charge is 0.493 e. The van der Waals surface area contributed by atoms with Crippen molar-refractivity contribution in [2.75, 3.05) is 46.6 Å². The van der Waals surface area contributed by atoms with Gasteiger partial charge >= 0.3 is 0 Å². The van der Waals surface area contributed by atoms with Crippen LogP contribution >= 0.6 is 24.0 Å². The molecular formula is C22H29N3O5S2. The molecule has 0 radical (unpaired) electrons. The van der Waals surface area contributed by atoms with Gasteiger partial charge in [0.1, 0.15) is 0 Å². The Morgan fingerprint density at radius 1 is 1.31 bits per heavy atom. The summed E-state index contributed by atoms with van der Waals surface area (Å²) in [6, 6.07) is 5.50. The number of methoxy groups -OCH3 is 1. The summed E-state index contributed by atoms with van der Waals surface area (Å²) in [5, 5.41) is 1.15. The van der Waals surface area contributed by atoms with Gasteiger partial charge in [-0.2, -0.15) is 5.01 Å². The summed E-state index contributed by atoms with van der Waals surface area (Å²) in [7, 11) is 1.58. The Hall–Kier alpha value is -2.14. The van der Waals surface area contributed by atoms with Crippen molar-refractivity contribution in [2.45, 2.75) is 26.2 Å². The minimum atomic E-state index is -0.345. The number of nitrogens with zero attached hydrogens (tertiary/aromatic N) is 2. The van der Waals surface area contributed by atoms with Crippen LogP contribution in [0, 0.1) is 0 Å². The van der Waals surface area contributed by atoms with E-state index < -0.39 is 0 Å². The van der Waals surface area contributed by atoms with E-state index in [1.165, 1.54) is 0 Å². The number of benzene rings is 1. The Bertz CT molecular complexity index is 871. The van der Waals surface area contributed by atoms with E-state index in [9.17, 15) is 9.59 Å². The predicted molar refractivity (Wildman–Crippen MR) is 128 cm³/mol. The number of amides is 2. The minimum absolute atomic E-state index is 0.246. The molecule has 1 N–H and O–H groups in total. The lowest BCUT2D eigenvalue weighted by Crippen LogP contribution is -2.46. The average Bonchev–Trinajstić information content (AvgIpc) is 3.06. The van der Waals surface area contributed by atoms with Crippen LogP contribution < -0.4 is 14.9 Å². The molecule has 3 rings (SSSR count). The summed E-state index contributed by atoms with van der Waals surface area (Å²) in [4.78, 5) is 27.8. The zero-order valence-corrected chi connectivity index (χ0v) is 20.1. The van der Waals surface area contributed by atoms with E-state index in [0.717, 1.165) is 48.3 Å². The molecule has 10 heteroatoms. The molecule has 0 bridgehead atoms. The van der Waals surface area contributed by atoms with Crippen LogP contribution in [0.2, 0.25) is 0 Å². The molecule has 0 saturated carbocycles. The smallest absolute Gasteiger partial charge is 0.285 e. The van der Waals surface area contributed by atoms with Gasteiger partial charge in [-0.15, -0.1) is 0 Å². The molecule has 2 heterocycles. The fourth-order valence-electron chi connectivity index (χ4n) is 3.20. The summed E-state index contributed by atoms with van der Waals surface area (Å²) in [5.74, 6) is 0.672. The molecule has 1 aromatic carbocycles. The number of thiocarbonyl (C=S) groups is 1. The Labute approximate surface area is 198 Å². The lowest BCUT2D eigenvalue weighted by Gasteiger charge is -2.26. The maximum Gasteiger partial charge on any atom is 0.285 e. The number of hydrogen-bond donors (Lipinski definition) is 1. The van der Waals surface area contributed by atoms with Gasteiger partial charge in [0.2, 0.25) is 5.91 Å². The summed E-state index contributed by atoms with van der Waals surface area (Å²) in [6.45, 7) is 6.32. The molecule has 2 saturated heterocycles. The van der Waals surface area contributed by atoms with Gasteiger partial charge in [0, 0.05) is 26.1 Å². The first-order chi connectivity index (χ1) is 15.5. The molecule has 2 aliphatic heterocycles. The maximum absolute atomic E-state index is 12.8. The van der Waals surface area contributed by atoms with Crippen molar-refractivity contribution < 1.29 is 23.8 Å². The van der Waals surface area contributed by atoms with Crippen LogP contribution in [0.5, 0.6) is 11.5 Å². The predicted octanol–water partition coefficient (Wildman–Crippen LogP) is 2.83. The fraction of sp³-hybridized carbons (Fsp3) is 0.500. The number of morpholine rings is 1. The SMILES string of the molecule is CCCCOc1ccc(C=C2SC(=S)N(NC(=O)CCN3CCOCC3)C2=O)cc1OC. The van der Waals surface area contributed by atoms with Crippen molar-refractivity contribution in [3.63, 3.8) is 0 Å².